The molecule has 0 spiro atoms. The molecule has 0 atom stereocenters. The molecule has 0 radical (unpaired) electrons. The molecule has 2 aromatic rings. The van der Waals surface area contributed by atoms with Crippen LogP contribution in [0.4, 0.5) is 0 Å². The van der Waals surface area contributed by atoms with E-state index in [1.807, 2.05) is 18.2 Å². The van der Waals surface area contributed by atoms with Crippen LogP contribution < -0.4 is 5.32 Å². The fourth-order valence-electron chi connectivity index (χ4n) is 1.77. The third-order valence-corrected chi connectivity index (χ3v) is 3.82. The van der Waals surface area contributed by atoms with Crippen LogP contribution in [0, 0.1) is 3.57 Å². The van der Waals surface area contributed by atoms with E-state index in [2.05, 4.69) is 45.0 Å². The number of benzene rings is 1. The van der Waals surface area contributed by atoms with Crippen molar-refractivity contribution in [3.05, 3.63) is 63.5 Å². The summed E-state index contributed by atoms with van der Waals surface area (Å²) < 4.78 is 1.27. The summed E-state index contributed by atoms with van der Waals surface area (Å²) >= 11 is 2.34. The van der Waals surface area contributed by atoms with Crippen molar-refractivity contribution in [2.45, 2.75) is 12.8 Å². The first-order chi connectivity index (χ1) is 9.27. The minimum Gasteiger partial charge on any atom is -0.351 e. The van der Waals surface area contributed by atoms with Crippen molar-refractivity contribution in [3.63, 3.8) is 0 Å². The fourth-order valence-corrected chi connectivity index (χ4v) is 2.43. The van der Waals surface area contributed by atoms with E-state index in [0.29, 0.717) is 12.2 Å². The number of carbonyl (C=O) groups excluding carboxylic acids is 1. The van der Waals surface area contributed by atoms with Crippen LogP contribution in [0.3, 0.4) is 0 Å². The normalized spacial score (nSPS) is 10.2. The zero-order valence-corrected chi connectivity index (χ0v) is 12.6. The molecule has 0 fully saturated rings. The second-order valence-electron chi connectivity index (χ2n) is 4.17. The van der Waals surface area contributed by atoms with Gasteiger partial charge in [-0.3, -0.25) is 9.78 Å². The van der Waals surface area contributed by atoms with Crippen molar-refractivity contribution >= 4 is 28.5 Å². The lowest BCUT2D eigenvalue weighted by molar-refractivity contribution is 0.0948. The van der Waals surface area contributed by atoms with Crippen LogP contribution >= 0.6 is 22.6 Å². The molecule has 98 valence electrons. The molecule has 3 nitrogen and oxygen atoms in total. The molecular weight excluding hydrogens is 351 g/mol. The van der Waals surface area contributed by atoms with Gasteiger partial charge in [-0.15, -0.1) is 0 Å². The maximum atomic E-state index is 11.7. The molecule has 0 saturated carbocycles. The Balaban J connectivity index is 1.76. The summed E-state index contributed by atoms with van der Waals surface area (Å²) in [6.45, 7) is 0.667. The molecule has 1 amide bonds. The zero-order valence-electron chi connectivity index (χ0n) is 10.5. The molecule has 1 N–H and O–H groups in total. The van der Waals surface area contributed by atoms with Gasteiger partial charge >= 0.3 is 0 Å². The highest BCUT2D eigenvalue weighted by molar-refractivity contribution is 14.1. The van der Waals surface area contributed by atoms with Crippen LogP contribution in [0.2, 0.25) is 0 Å². The van der Waals surface area contributed by atoms with Crippen molar-refractivity contribution in [2.24, 2.45) is 0 Å². The summed E-state index contributed by atoms with van der Waals surface area (Å²) in [5.41, 5.74) is 1.80. The van der Waals surface area contributed by atoms with Gasteiger partial charge in [-0.2, -0.15) is 0 Å². The van der Waals surface area contributed by atoms with Gasteiger partial charge in [0.2, 0.25) is 0 Å². The van der Waals surface area contributed by atoms with E-state index in [-0.39, 0.29) is 5.91 Å². The first-order valence-electron chi connectivity index (χ1n) is 6.20. The average Bonchev–Trinajstić information content (AvgIpc) is 2.46. The number of aromatic nitrogens is 1. The number of pyridine rings is 1. The molecule has 1 heterocycles. The first kappa shape index (κ1) is 14.0. The van der Waals surface area contributed by atoms with E-state index >= 15 is 0 Å². The molecule has 0 bridgehead atoms. The molecule has 1 aromatic heterocycles. The van der Waals surface area contributed by atoms with Gasteiger partial charge in [0.15, 0.2) is 0 Å². The molecule has 0 aliphatic heterocycles. The van der Waals surface area contributed by atoms with Crippen molar-refractivity contribution < 1.29 is 4.79 Å². The van der Waals surface area contributed by atoms with Crippen molar-refractivity contribution in [1.82, 2.24) is 10.3 Å². The number of nitrogens with zero attached hydrogens (tertiary/aromatic N) is 1. The third kappa shape index (κ3) is 4.31. The van der Waals surface area contributed by atoms with Gasteiger partial charge < -0.3 is 5.32 Å². The minimum absolute atomic E-state index is 0.108. The van der Waals surface area contributed by atoms with Crippen LogP contribution in [0.25, 0.3) is 0 Å². The van der Waals surface area contributed by atoms with Crippen LogP contribution in [0.15, 0.2) is 48.7 Å². The predicted octanol–water partition coefficient (Wildman–Crippen LogP) is 3.05. The molecule has 1 aromatic carbocycles. The monoisotopic (exact) mass is 366 g/mol. The van der Waals surface area contributed by atoms with Crippen LogP contribution in [0.5, 0.6) is 0 Å². The van der Waals surface area contributed by atoms with Gasteiger partial charge in [0.1, 0.15) is 5.69 Å². The zero-order chi connectivity index (χ0) is 13.5. The summed E-state index contributed by atoms with van der Waals surface area (Å²) in [5.74, 6) is -0.108. The first-order valence-corrected chi connectivity index (χ1v) is 7.28. The largest absolute Gasteiger partial charge is 0.351 e. The highest BCUT2D eigenvalue weighted by Gasteiger charge is 2.05. The fraction of sp³-hybridized carbons (Fsp3) is 0.200. The predicted molar refractivity (Wildman–Crippen MR) is 84.1 cm³/mol. The lowest BCUT2D eigenvalue weighted by Crippen LogP contribution is -2.25. The van der Waals surface area contributed by atoms with Gasteiger partial charge in [0.05, 0.1) is 0 Å². The number of rotatable bonds is 5. The summed E-state index contributed by atoms with van der Waals surface area (Å²) in [6, 6.07) is 13.6. The van der Waals surface area contributed by atoms with Gasteiger partial charge in [-0.1, -0.05) is 24.3 Å². The molecule has 0 aliphatic carbocycles. The van der Waals surface area contributed by atoms with Crippen molar-refractivity contribution in [2.75, 3.05) is 6.54 Å². The molecule has 0 aliphatic rings. The maximum Gasteiger partial charge on any atom is 0.269 e. The Morgan fingerprint density at radius 1 is 1.16 bits per heavy atom. The number of halogens is 1. The highest BCUT2D eigenvalue weighted by Crippen LogP contribution is 2.12. The molecule has 0 unspecified atom stereocenters. The lowest BCUT2D eigenvalue weighted by Gasteiger charge is -2.06. The topological polar surface area (TPSA) is 42.0 Å². The molecule has 19 heavy (non-hydrogen) atoms. The van der Waals surface area contributed by atoms with E-state index in [4.69, 9.17) is 0 Å². The second kappa shape index (κ2) is 7.23. The molecule has 2 rings (SSSR count). The van der Waals surface area contributed by atoms with Crippen molar-refractivity contribution in [3.8, 4) is 0 Å². The number of carbonyl (C=O) groups is 1. The standard InChI is InChI=1S/C15H15IN2O/c16-13-8-2-1-6-12(13)7-5-11-18-15(19)14-9-3-4-10-17-14/h1-4,6,8-10H,5,7,11H2,(H,18,19). The summed E-state index contributed by atoms with van der Waals surface area (Å²) in [7, 11) is 0. The Kier molecular flexibility index (Phi) is 5.32. The van der Waals surface area contributed by atoms with Gasteiger partial charge in [0, 0.05) is 16.3 Å². The summed E-state index contributed by atoms with van der Waals surface area (Å²) in [6.07, 6.45) is 3.53. The Bertz CT molecular complexity index is 543. The second-order valence-corrected chi connectivity index (χ2v) is 5.33. The van der Waals surface area contributed by atoms with Gasteiger partial charge in [-0.25, -0.2) is 0 Å². The summed E-state index contributed by atoms with van der Waals surface area (Å²) in [4.78, 5) is 15.8. The average molecular weight is 366 g/mol. The van der Waals surface area contributed by atoms with E-state index in [0.717, 1.165) is 12.8 Å². The Hall–Kier alpha value is -1.43. The summed E-state index contributed by atoms with van der Waals surface area (Å²) in [5, 5.41) is 2.88. The van der Waals surface area contributed by atoms with Crippen LogP contribution in [0.1, 0.15) is 22.5 Å². The van der Waals surface area contributed by atoms with Crippen LogP contribution in [-0.4, -0.2) is 17.4 Å². The van der Waals surface area contributed by atoms with Crippen LogP contribution in [-0.2, 0) is 6.42 Å². The lowest BCUT2D eigenvalue weighted by atomic mass is 10.1. The highest BCUT2D eigenvalue weighted by atomic mass is 127. The quantitative estimate of drug-likeness (QED) is 0.653. The number of hydrogen-bond donors (Lipinski definition) is 1. The third-order valence-electron chi connectivity index (χ3n) is 2.76. The van der Waals surface area contributed by atoms with E-state index < -0.39 is 0 Å². The Morgan fingerprint density at radius 2 is 1.95 bits per heavy atom. The number of hydrogen-bond acceptors (Lipinski definition) is 2. The van der Waals surface area contributed by atoms with Crippen molar-refractivity contribution in [1.29, 1.82) is 0 Å². The maximum absolute atomic E-state index is 11.7. The Labute approximate surface area is 126 Å². The SMILES string of the molecule is O=C(NCCCc1ccccc1I)c1ccccn1. The molecule has 4 heteroatoms. The number of amides is 1. The molecular formula is C15H15IN2O. The number of nitrogens with one attached hydrogen (secondary N) is 1. The van der Waals surface area contributed by atoms with E-state index in [1.54, 1.807) is 18.3 Å². The minimum atomic E-state index is -0.108. The number of aryl methyl sites for hydroxylation is 1. The van der Waals surface area contributed by atoms with E-state index in [9.17, 15) is 4.79 Å². The smallest absolute Gasteiger partial charge is 0.269 e. The van der Waals surface area contributed by atoms with Gasteiger partial charge in [0.25, 0.3) is 5.91 Å². The Morgan fingerprint density at radius 3 is 2.68 bits per heavy atom. The molecule has 0 saturated heterocycles. The van der Waals surface area contributed by atoms with E-state index in [1.165, 1.54) is 9.13 Å². The van der Waals surface area contributed by atoms with Gasteiger partial charge in [-0.05, 0) is 59.2 Å².